The zero-order valence-electron chi connectivity index (χ0n) is 6.25. The van der Waals surface area contributed by atoms with Crippen molar-refractivity contribution in [3.63, 3.8) is 0 Å². The molecule has 0 N–H and O–H groups in total. The molecule has 1 rings (SSSR count). The lowest BCUT2D eigenvalue weighted by Gasteiger charge is -1.96. The smallest absolute Gasteiger partial charge is 0.187 e. The van der Waals surface area contributed by atoms with Crippen molar-refractivity contribution in [3.8, 4) is 0 Å². The van der Waals surface area contributed by atoms with E-state index in [4.69, 9.17) is 0 Å². The minimum Gasteiger partial charge on any atom is -0.231 e. The van der Waals surface area contributed by atoms with Crippen molar-refractivity contribution in [1.82, 2.24) is 9.97 Å². The minimum absolute atomic E-state index is 0.857. The van der Waals surface area contributed by atoms with Crippen LogP contribution in [-0.2, 0) is 0 Å². The summed E-state index contributed by atoms with van der Waals surface area (Å²) in [5.74, 6) is 1.02. The molecule has 0 aliphatic rings. The summed E-state index contributed by atoms with van der Waals surface area (Å²) in [5.41, 5.74) is 1.10. The van der Waals surface area contributed by atoms with Gasteiger partial charge in [0.15, 0.2) is 5.16 Å². The van der Waals surface area contributed by atoms with Crippen molar-refractivity contribution < 1.29 is 0 Å². The molecule has 0 saturated heterocycles. The molecule has 1 heterocycles. The van der Waals surface area contributed by atoms with Crippen molar-refractivity contribution in [2.24, 2.45) is 0 Å². The summed E-state index contributed by atoms with van der Waals surface area (Å²) < 4.78 is 0. The van der Waals surface area contributed by atoms with E-state index in [-0.39, 0.29) is 0 Å². The van der Waals surface area contributed by atoms with E-state index < -0.39 is 0 Å². The predicted octanol–water partition coefficient (Wildman–Crippen LogP) is 2.27. The molecule has 1 aromatic heterocycles. The highest BCUT2D eigenvalue weighted by Gasteiger charge is 1.94. The SMILES string of the molecule is Cc1cnc(SCCBr)nc1. The molecule has 0 spiro atoms. The van der Waals surface area contributed by atoms with E-state index in [1.807, 2.05) is 19.3 Å². The monoisotopic (exact) mass is 232 g/mol. The van der Waals surface area contributed by atoms with E-state index in [9.17, 15) is 0 Å². The number of rotatable bonds is 3. The van der Waals surface area contributed by atoms with Gasteiger partial charge in [-0.05, 0) is 12.5 Å². The third-order valence-electron chi connectivity index (χ3n) is 1.07. The van der Waals surface area contributed by atoms with Gasteiger partial charge < -0.3 is 0 Å². The molecule has 4 heteroatoms. The molecule has 0 fully saturated rings. The standard InChI is InChI=1S/C7H9BrN2S/c1-6-4-9-7(10-5-6)11-3-2-8/h4-5H,2-3H2,1H3. The van der Waals surface area contributed by atoms with Gasteiger partial charge in [-0.15, -0.1) is 0 Å². The Labute approximate surface area is 79.0 Å². The first kappa shape index (κ1) is 9.00. The second-order valence-corrected chi connectivity index (χ2v) is 3.94. The molecule has 0 unspecified atom stereocenters. The summed E-state index contributed by atoms with van der Waals surface area (Å²) in [4.78, 5) is 8.29. The van der Waals surface area contributed by atoms with Gasteiger partial charge in [-0.1, -0.05) is 27.7 Å². The van der Waals surface area contributed by atoms with Gasteiger partial charge in [-0.2, -0.15) is 0 Å². The van der Waals surface area contributed by atoms with Crippen LogP contribution >= 0.6 is 27.7 Å². The number of thioether (sulfide) groups is 1. The van der Waals surface area contributed by atoms with Crippen LogP contribution in [0.4, 0.5) is 0 Å². The Kier molecular flexibility index (Phi) is 3.86. The van der Waals surface area contributed by atoms with Crippen molar-refractivity contribution in [2.75, 3.05) is 11.1 Å². The van der Waals surface area contributed by atoms with Crippen LogP contribution in [0.2, 0.25) is 0 Å². The van der Waals surface area contributed by atoms with Gasteiger partial charge in [0.25, 0.3) is 0 Å². The zero-order chi connectivity index (χ0) is 8.10. The molecule has 0 saturated carbocycles. The van der Waals surface area contributed by atoms with Crippen molar-refractivity contribution in [3.05, 3.63) is 18.0 Å². The van der Waals surface area contributed by atoms with E-state index in [0.29, 0.717) is 0 Å². The first-order chi connectivity index (χ1) is 5.33. The van der Waals surface area contributed by atoms with E-state index >= 15 is 0 Å². The molecule has 0 radical (unpaired) electrons. The Balaban J connectivity index is 2.52. The number of hydrogen-bond acceptors (Lipinski definition) is 3. The maximum absolute atomic E-state index is 4.15. The molecule has 0 bridgehead atoms. The van der Waals surface area contributed by atoms with Crippen LogP contribution in [0, 0.1) is 6.92 Å². The van der Waals surface area contributed by atoms with Gasteiger partial charge in [-0.25, -0.2) is 9.97 Å². The number of aryl methyl sites for hydroxylation is 1. The van der Waals surface area contributed by atoms with Gasteiger partial charge in [0, 0.05) is 23.5 Å². The average molecular weight is 233 g/mol. The summed E-state index contributed by atoms with van der Waals surface area (Å²) in [6.07, 6.45) is 3.67. The molecular weight excluding hydrogens is 224 g/mol. The van der Waals surface area contributed by atoms with Crippen LogP contribution in [-0.4, -0.2) is 21.1 Å². The van der Waals surface area contributed by atoms with Crippen LogP contribution < -0.4 is 0 Å². The lowest BCUT2D eigenvalue weighted by molar-refractivity contribution is 0.951. The number of halogens is 1. The summed E-state index contributed by atoms with van der Waals surface area (Å²) in [7, 11) is 0. The molecule has 0 atom stereocenters. The Hall–Kier alpha value is -0.0900. The molecule has 0 aliphatic heterocycles. The largest absolute Gasteiger partial charge is 0.231 e. The Morgan fingerprint density at radius 3 is 2.64 bits per heavy atom. The molecular formula is C7H9BrN2S. The summed E-state index contributed by atoms with van der Waals surface area (Å²) in [6, 6.07) is 0. The lowest BCUT2D eigenvalue weighted by atomic mass is 10.4. The molecule has 0 aromatic carbocycles. The first-order valence-electron chi connectivity index (χ1n) is 3.30. The third kappa shape index (κ3) is 3.20. The minimum atomic E-state index is 0.857. The fourth-order valence-electron chi connectivity index (χ4n) is 0.585. The number of alkyl halides is 1. The maximum Gasteiger partial charge on any atom is 0.187 e. The third-order valence-corrected chi connectivity index (χ3v) is 2.86. The molecule has 0 amide bonds. The Morgan fingerprint density at radius 2 is 2.09 bits per heavy atom. The highest BCUT2D eigenvalue weighted by Crippen LogP contribution is 2.11. The fourth-order valence-corrected chi connectivity index (χ4v) is 1.58. The normalized spacial score (nSPS) is 10.0. The molecule has 0 aliphatic carbocycles. The fraction of sp³-hybridized carbons (Fsp3) is 0.429. The highest BCUT2D eigenvalue weighted by molar-refractivity contribution is 9.09. The highest BCUT2D eigenvalue weighted by atomic mass is 79.9. The zero-order valence-corrected chi connectivity index (χ0v) is 8.65. The van der Waals surface area contributed by atoms with E-state index in [2.05, 4.69) is 25.9 Å². The van der Waals surface area contributed by atoms with Gasteiger partial charge in [-0.3, -0.25) is 0 Å². The van der Waals surface area contributed by atoms with E-state index in [1.165, 1.54) is 0 Å². The molecule has 60 valence electrons. The molecule has 1 aromatic rings. The van der Waals surface area contributed by atoms with Gasteiger partial charge in [0.2, 0.25) is 0 Å². The van der Waals surface area contributed by atoms with Crippen LogP contribution in [0.5, 0.6) is 0 Å². The van der Waals surface area contributed by atoms with Gasteiger partial charge in [0.1, 0.15) is 0 Å². The van der Waals surface area contributed by atoms with Crippen molar-refractivity contribution >= 4 is 27.7 Å². The second-order valence-electron chi connectivity index (χ2n) is 2.08. The summed E-state index contributed by atoms with van der Waals surface area (Å²) in [5, 5.41) is 1.84. The average Bonchev–Trinajstić information content (AvgIpc) is 2.04. The Bertz CT molecular complexity index is 212. The van der Waals surface area contributed by atoms with Crippen LogP contribution in [0.25, 0.3) is 0 Å². The summed E-state index contributed by atoms with van der Waals surface area (Å²) >= 11 is 5.00. The van der Waals surface area contributed by atoms with Crippen LogP contribution in [0.1, 0.15) is 5.56 Å². The summed E-state index contributed by atoms with van der Waals surface area (Å²) in [6.45, 7) is 1.99. The predicted molar refractivity (Wildman–Crippen MR) is 51.3 cm³/mol. The first-order valence-corrected chi connectivity index (χ1v) is 5.41. The number of hydrogen-bond donors (Lipinski definition) is 0. The second kappa shape index (κ2) is 4.72. The molecule has 2 nitrogen and oxygen atoms in total. The van der Waals surface area contributed by atoms with Crippen molar-refractivity contribution in [1.29, 1.82) is 0 Å². The quantitative estimate of drug-likeness (QED) is 0.455. The topological polar surface area (TPSA) is 25.8 Å². The van der Waals surface area contributed by atoms with E-state index in [0.717, 1.165) is 21.8 Å². The number of nitrogens with zero attached hydrogens (tertiary/aromatic N) is 2. The molecule has 11 heavy (non-hydrogen) atoms. The van der Waals surface area contributed by atoms with Gasteiger partial charge in [0.05, 0.1) is 0 Å². The Morgan fingerprint density at radius 1 is 1.45 bits per heavy atom. The van der Waals surface area contributed by atoms with Crippen LogP contribution in [0.3, 0.4) is 0 Å². The lowest BCUT2D eigenvalue weighted by Crippen LogP contribution is -1.88. The van der Waals surface area contributed by atoms with Crippen LogP contribution in [0.15, 0.2) is 17.6 Å². The van der Waals surface area contributed by atoms with E-state index in [1.54, 1.807) is 11.8 Å². The maximum atomic E-state index is 4.15. The number of aromatic nitrogens is 2. The van der Waals surface area contributed by atoms with Gasteiger partial charge >= 0.3 is 0 Å². The van der Waals surface area contributed by atoms with Crippen molar-refractivity contribution in [2.45, 2.75) is 12.1 Å².